The molecule has 1 atom stereocenters. The summed E-state index contributed by atoms with van der Waals surface area (Å²) in [4.78, 5) is 33.5. The highest BCUT2D eigenvalue weighted by Gasteiger charge is 2.23. The van der Waals surface area contributed by atoms with Crippen LogP contribution in [-0.4, -0.2) is 58.4 Å². The second kappa shape index (κ2) is 10.4. The zero-order chi connectivity index (χ0) is 23.2. The molecule has 0 radical (unpaired) electrons. The first kappa shape index (κ1) is 22.7. The van der Waals surface area contributed by atoms with Crippen LogP contribution in [0.5, 0.6) is 0 Å². The third-order valence-electron chi connectivity index (χ3n) is 6.20. The number of hydrogen-bond acceptors (Lipinski definition) is 5. The average molecular weight is 447 g/mol. The van der Waals surface area contributed by atoms with Gasteiger partial charge in [-0.05, 0) is 49.1 Å². The molecule has 3 aromatic rings. The van der Waals surface area contributed by atoms with E-state index in [2.05, 4.69) is 10.1 Å². The van der Waals surface area contributed by atoms with Crippen LogP contribution in [0.1, 0.15) is 53.8 Å². The normalized spacial score (nSPS) is 14.3. The van der Waals surface area contributed by atoms with Crippen molar-refractivity contribution in [2.24, 2.45) is 0 Å². The molecule has 1 aliphatic heterocycles. The number of likely N-dealkylation sites (tertiary alicyclic amines) is 1. The Hall–Kier alpha value is -3.48. The van der Waals surface area contributed by atoms with Gasteiger partial charge in [-0.2, -0.15) is 4.98 Å². The Labute approximate surface area is 194 Å². The standard InChI is InChI=1S/C26H30N4O3/c1-3-22(19-9-5-4-6-10-19)26(32)29(2)18-15-23-27-24(33-28-23)20-11-13-21(14-12-20)25(31)30-16-7-8-17-30/h4-6,9-14,22H,3,7-8,15-18H2,1-2H3. The molecule has 0 N–H and O–H groups in total. The van der Waals surface area contributed by atoms with Gasteiger partial charge in [0.2, 0.25) is 5.91 Å². The van der Waals surface area contributed by atoms with Crippen LogP contribution < -0.4 is 0 Å². The molecule has 7 heteroatoms. The van der Waals surface area contributed by atoms with Gasteiger partial charge in [0.15, 0.2) is 5.82 Å². The average Bonchev–Trinajstić information content (AvgIpc) is 3.56. The maximum absolute atomic E-state index is 12.9. The predicted molar refractivity (Wildman–Crippen MR) is 126 cm³/mol. The molecule has 1 aromatic heterocycles. The molecule has 33 heavy (non-hydrogen) atoms. The van der Waals surface area contributed by atoms with Gasteiger partial charge in [-0.3, -0.25) is 9.59 Å². The van der Waals surface area contributed by atoms with Crippen molar-refractivity contribution >= 4 is 11.8 Å². The van der Waals surface area contributed by atoms with Crippen LogP contribution in [0.4, 0.5) is 0 Å². The smallest absolute Gasteiger partial charge is 0.257 e. The van der Waals surface area contributed by atoms with Crippen molar-refractivity contribution in [2.45, 2.75) is 38.5 Å². The van der Waals surface area contributed by atoms with Crippen molar-refractivity contribution in [3.8, 4) is 11.5 Å². The van der Waals surface area contributed by atoms with Gasteiger partial charge in [-0.15, -0.1) is 0 Å². The lowest BCUT2D eigenvalue weighted by atomic mass is 9.95. The zero-order valence-electron chi connectivity index (χ0n) is 19.2. The number of amides is 2. The molecule has 2 aromatic carbocycles. The number of nitrogens with zero attached hydrogens (tertiary/aromatic N) is 4. The van der Waals surface area contributed by atoms with Crippen LogP contribution in [0, 0.1) is 0 Å². The summed E-state index contributed by atoms with van der Waals surface area (Å²) in [6.07, 6.45) is 3.39. The van der Waals surface area contributed by atoms with Crippen LogP contribution in [0.2, 0.25) is 0 Å². The van der Waals surface area contributed by atoms with Crippen molar-refractivity contribution in [1.29, 1.82) is 0 Å². The topological polar surface area (TPSA) is 79.5 Å². The summed E-state index contributed by atoms with van der Waals surface area (Å²) >= 11 is 0. The molecule has 2 amide bonds. The van der Waals surface area contributed by atoms with Gasteiger partial charge in [0.1, 0.15) is 0 Å². The minimum Gasteiger partial charge on any atom is -0.345 e. The number of carbonyl (C=O) groups is 2. The molecule has 0 aliphatic carbocycles. The van der Waals surface area contributed by atoms with E-state index in [-0.39, 0.29) is 17.7 Å². The first-order chi connectivity index (χ1) is 16.1. The Morgan fingerprint density at radius 3 is 2.42 bits per heavy atom. The van der Waals surface area contributed by atoms with Gasteiger partial charge in [-0.25, -0.2) is 0 Å². The summed E-state index contributed by atoms with van der Waals surface area (Å²) in [5.74, 6) is 0.966. The Bertz CT molecular complexity index is 1070. The number of aromatic nitrogens is 2. The first-order valence-corrected chi connectivity index (χ1v) is 11.6. The maximum Gasteiger partial charge on any atom is 0.257 e. The Kier molecular flexibility index (Phi) is 7.17. The molecule has 7 nitrogen and oxygen atoms in total. The number of rotatable bonds is 8. The summed E-state index contributed by atoms with van der Waals surface area (Å²) in [5.41, 5.74) is 2.47. The first-order valence-electron chi connectivity index (χ1n) is 11.6. The van der Waals surface area contributed by atoms with Crippen LogP contribution in [0.3, 0.4) is 0 Å². The highest BCUT2D eigenvalue weighted by atomic mass is 16.5. The minimum absolute atomic E-state index is 0.0684. The van der Waals surface area contributed by atoms with E-state index in [1.807, 2.05) is 61.3 Å². The summed E-state index contributed by atoms with van der Waals surface area (Å²) < 4.78 is 5.42. The predicted octanol–water partition coefficient (Wildman–Crippen LogP) is 4.17. The lowest BCUT2D eigenvalue weighted by molar-refractivity contribution is -0.131. The molecule has 1 unspecified atom stereocenters. The van der Waals surface area contributed by atoms with Crippen molar-refractivity contribution < 1.29 is 14.1 Å². The monoisotopic (exact) mass is 446 g/mol. The Morgan fingerprint density at radius 1 is 1.06 bits per heavy atom. The van der Waals surface area contributed by atoms with Crippen molar-refractivity contribution in [3.05, 3.63) is 71.5 Å². The quantitative estimate of drug-likeness (QED) is 0.519. The van der Waals surface area contributed by atoms with E-state index >= 15 is 0 Å². The molecule has 1 aliphatic rings. The Morgan fingerprint density at radius 2 is 1.76 bits per heavy atom. The molecule has 172 valence electrons. The fourth-order valence-electron chi connectivity index (χ4n) is 4.21. The van der Waals surface area contributed by atoms with E-state index in [0.717, 1.165) is 43.5 Å². The number of likely N-dealkylation sites (N-methyl/N-ethyl adjacent to an activating group) is 1. The van der Waals surface area contributed by atoms with Crippen molar-refractivity contribution in [1.82, 2.24) is 19.9 Å². The van der Waals surface area contributed by atoms with Gasteiger partial charge in [0.25, 0.3) is 11.8 Å². The second-order valence-electron chi connectivity index (χ2n) is 8.47. The lowest BCUT2D eigenvalue weighted by Gasteiger charge is -2.23. The molecular weight excluding hydrogens is 416 g/mol. The molecule has 0 spiro atoms. The third-order valence-corrected chi connectivity index (χ3v) is 6.20. The fourth-order valence-corrected chi connectivity index (χ4v) is 4.21. The summed E-state index contributed by atoms with van der Waals surface area (Å²) in [5, 5.41) is 4.07. The molecular formula is C26H30N4O3. The highest BCUT2D eigenvalue weighted by molar-refractivity contribution is 5.94. The summed E-state index contributed by atoms with van der Waals surface area (Å²) in [7, 11) is 1.81. The maximum atomic E-state index is 12.9. The molecule has 2 heterocycles. The lowest BCUT2D eigenvalue weighted by Crippen LogP contribution is -2.33. The van der Waals surface area contributed by atoms with E-state index in [1.165, 1.54) is 0 Å². The zero-order valence-corrected chi connectivity index (χ0v) is 19.2. The van der Waals surface area contributed by atoms with Crippen LogP contribution in [0.15, 0.2) is 59.1 Å². The van der Waals surface area contributed by atoms with Crippen LogP contribution >= 0.6 is 0 Å². The molecule has 0 bridgehead atoms. The van der Waals surface area contributed by atoms with Gasteiger partial charge in [0.05, 0.1) is 5.92 Å². The van der Waals surface area contributed by atoms with Gasteiger partial charge in [-0.1, -0.05) is 42.4 Å². The number of benzene rings is 2. The number of hydrogen-bond donors (Lipinski definition) is 0. The van der Waals surface area contributed by atoms with E-state index < -0.39 is 0 Å². The Balaban J connectivity index is 1.34. The third kappa shape index (κ3) is 5.30. The van der Waals surface area contributed by atoms with Gasteiger partial charge < -0.3 is 14.3 Å². The van der Waals surface area contributed by atoms with E-state index in [1.54, 1.807) is 17.0 Å². The summed E-state index contributed by atoms with van der Waals surface area (Å²) in [6.45, 7) is 4.19. The molecule has 1 saturated heterocycles. The highest BCUT2D eigenvalue weighted by Crippen LogP contribution is 2.22. The van der Waals surface area contributed by atoms with E-state index in [4.69, 9.17) is 4.52 Å². The summed E-state index contributed by atoms with van der Waals surface area (Å²) in [6, 6.07) is 17.1. The molecule has 0 saturated carbocycles. The fraction of sp³-hybridized carbons (Fsp3) is 0.385. The molecule has 1 fully saturated rings. The van der Waals surface area contributed by atoms with E-state index in [0.29, 0.717) is 30.2 Å². The van der Waals surface area contributed by atoms with Gasteiger partial charge in [0, 0.05) is 44.2 Å². The number of carbonyl (C=O) groups excluding carboxylic acids is 2. The van der Waals surface area contributed by atoms with Crippen molar-refractivity contribution in [2.75, 3.05) is 26.7 Å². The SMILES string of the molecule is CCC(C(=O)N(C)CCc1noc(-c2ccc(C(=O)N3CCCC3)cc2)n1)c1ccccc1. The minimum atomic E-state index is -0.154. The molecule has 4 rings (SSSR count). The van der Waals surface area contributed by atoms with Crippen molar-refractivity contribution in [3.63, 3.8) is 0 Å². The van der Waals surface area contributed by atoms with Crippen LogP contribution in [0.25, 0.3) is 11.5 Å². The van der Waals surface area contributed by atoms with E-state index in [9.17, 15) is 9.59 Å². The second-order valence-corrected chi connectivity index (χ2v) is 8.47. The largest absolute Gasteiger partial charge is 0.345 e. The van der Waals surface area contributed by atoms with Crippen LogP contribution in [-0.2, 0) is 11.2 Å². The van der Waals surface area contributed by atoms with Gasteiger partial charge >= 0.3 is 0 Å².